The maximum atomic E-state index is 5.92. The first kappa shape index (κ1) is 14.3. The molecule has 4 nitrogen and oxygen atoms in total. The van der Waals surface area contributed by atoms with Crippen molar-refractivity contribution in [3.05, 3.63) is 46.7 Å². The van der Waals surface area contributed by atoms with E-state index in [4.69, 9.17) is 4.74 Å². The van der Waals surface area contributed by atoms with Gasteiger partial charge < -0.3 is 10.1 Å². The van der Waals surface area contributed by atoms with E-state index >= 15 is 0 Å². The van der Waals surface area contributed by atoms with Gasteiger partial charge in [-0.3, -0.25) is 0 Å². The third-order valence-corrected chi connectivity index (χ3v) is 4.06. The highest BCUT2D eigenvalue weighted by atomic mass is 79.9. The summed E-state index contributed by atoms with van der Waals surface area (Å²) < 4.78 is 6.90. The molecule has 0 spiro atoms. The first-order chi connectivity index (χ1) is 10.3. The van der Waals surface area contributed by atoms with Crippen LogP contribution in [-0.2, 0) is 6.54 Å². The van der Waals surface area contributed by atoms with E-state index in [1.165, 1.54) is 12.8 Å². The fourth-order valence-electron chi connectivity index (χ4n) is 2.47. The van der Waals surface area contributed by atoms with Crippen molar-refractivity contribution in [2.45, 2.75) is 38.3 Å². The molecule has 5 heteroatoms. The van der Waals surface area contributed by atoms with Crippen molar-refractivity contribution >= 4 is 21.7 Å². The van der Waals surface area contributed by atoms with Crippen molar-refractivity contribution in [1.82, 2.24) is 9.97 Å². The van der Waals surface area contributed by atoms with E-state index in [1.54, 1.807) is 12.4 Å². The summed E-state index contributed by atoms with van der Waals surface area (Å²) in [7, 11) is 0. The molecule has 1 N–H and O–H groups in total. The number of pyridine rings is 2. The van der Waals surface area contributed by atoms with Crippen LogP contribution in [0, 0.1) is 0 Å². The van der Waals surface area contributed by atoms with Gasteiger partial charge in [-0.2, -0.15) is 0 Å². The number of halogens is 1. The average Bonchev–Trinajstić information content (AvgIpc) is 3.00. The lowest BCUT2D eigenvalue weighted by molar-refractivity contribution is 0.201. The number of rotatable bonds is 5. The first-order valence-electron chi connectivity index (χ1n) is 7.26. The summed E-state index contributed by atoms with van der Waals surface area (Å²) in [5.74, 6) is 1.58. The summed E-state index contributed by atoms with van der Waals surface area (Å²) in [6.07, 6.45) is 8.75. The van der Waals surface area contributed by atoms with Gasteiger partial charge in [-0.15, -0.1) is 0 Å². The van der Waals surface area contributed by atoms with Gasteiger partial charge in [-0.1, -0.05) is 0 Å². The highest BCUT2D eigenvalue weighted by Crippen LogP contribution is 2.23. The zero-order valence-corrected chi connectivity index (χ0v) is 13.3. The van der Waals surface area contributed by atoms with E-state index in [0.29, 0.717) is 12.6 Å². The van der Waals surface area contributed by atoms with Crippen molar-refractivity contribution in [3.8, 4) is 5.88 Å². The van der Waals surface area contributed by atoms with Crippen LogP contribution in [0.4, 0.5) is 5.82 Å². The third-order valence-electron chi connectivity index (χ3n) is 3.59. The van der Waals surface area contributed by atoms with Gasteiger partial charge in [0, 0.05) is 29.5 Å². The largest absolute Gasteiger partial charge is 0.474 e. The fraction of sp³-hybridized carbons (Fsp3) is 0.375. The number of hydrogen-bond acceptors (Lipinski definition) is 4. The van der Waals surface area contributed by atoms with Gasteiger partial charge in [0.1, 0.15) is 11.9 Å². The standard InChI is InChI=1S/C16H18BrN3O/c17-13-5-6-15(20-11-13)19-10-12-7-8-18-16(9-12)21-14-3-1-2-4-14/h5-9,11,14H,1-4,10H2,(H,19,20). The molecule has 2 heterocycles. The summed E-state index contributed by atoms with van der Waals surface area (Å²) in [6.45, 7) is 0.707. The van der Waals surface area contributed by atoms with Crippen LogP contribution in [0.1, 0.15) is 31.2 Å². The van der Waals surface area contributed by atoms with Crippen LogP contribution >= 0.6 is 15.9 Å². The molecule has 1 fully saturated rings. The maximum Gasteiger partial charge on any atom is 0.213 e. The van der Waals surface area contributed by atoms with E-state index in [2.05, 4.69) is 31.2 Å². The van der Waals surface area contributed by atoms with Gasteiger partial charge in [0.15, 0.2) is 0 Å². The second-order valence-corrected chi connectivity index (χ2v) is 6.16. The Bertz CT molecular complexity index is 582. The molecule has 3 rings (SSSR count). The minimum atomic E-state index is 0.342. The van der Waals surface area contributed by atoms with E-state index in [1.807, 2.05) is 24.3 Å². The van der Waals surface area contributed by atoms with E-state index < -0.39 is 0 Å². The van der Waals surface area contributed by atoms with Crippen molar-refractivity contribution in [2.24, 2.45) is 0 Å². The quantitative estimate of drug-likeness (QED) is 0.881. The zero-order chi connectivity index (χ0) is 14.5. The second-order valence-electron chi connectivity index (χ2n) is 5.24. The Balaban J connectivity index is 1.58. The van der Waals surface area contributed by atoms with Gasteiger partial charge in [-0.05, 0) is 65.4 Å². The van der Waals surface area contributed by atoms with Crippen molar-refractivity contribution < 1.29 is 4.74 Å². The number of nitrogens with zero attached hydrogens (tertiary/aromatic N) is 2. The molecule has 1 aliphatic rings. The fourth-order valence-corrected chi connectivity index (χ4v) is 2.71. The first-order valence-corrected chi connectivity index (χ1v) is 8.06. The Morgan fingerprint density at radius 3 is 2.81 bits per heavy atom. The highest BCUT2D eigenvalue weighted by molar-refractivity contribution is 9.10. The zero-order valence-electron chi connectivity index (χ0n) is 11.8. The summed E-state index contributed by atoms with van der Waals surface area (Å²) in [5.41, 5.74) is 1.14. The van der Waals surface area contributed by atoms with E-state index in [9.17, 15) is 0 Å². The highest BCUT2D eigenvalue weighted by Gasteiger charge is 2.16. The van der Waals surface area contributed by atoms with Crippen LogP contribution in [0.25, 0.3) is 0 Å². The number of hydrogen-bond donors (Lipinski definition) is 1. The van der Waals surface area contributed by atoms with E-state index in [0.717, 1.165) is 34.6 Å². The molecule has 2 aromatic rings. The lowest BCUT2D eigenvalue weighted by Gasteiger charge is -2.13. The molecule has 2 aromatic heterocycles. The summed E-state index contributed by atoms with van der Waals surface area (Å²) >= 11 is 3.38. The Kier molecular flexibility index (Phi) is 4.70. The Morgan fingerprint density at radius 2 is 2.05 bits per heavy atom. The van der Waals surface area contributed by atoms with Crippen molar-refractivity contribution in [1.29, 1.82) is 0 Å². The van der Waals surface area contributed by atoms with Crippen LogP contribution in [0.15, 0.2) is 41.1 Å². The molecule has 0 saturated heterocycles. The molecular weight excluding hydrogens is 330 g/mol. The van der Waals surface area contributed by atoms with Crippen LogP contribution in [0.3, 0.4) is 0 Å². The minimum absolute atomic E-state index is 0.342. The Hall–Kier alpha value is -1.62. The molecule has 0 unspecified atom stereocenters. The molecule has 0 atom stereocenters. The lowest BCUT2D eigenvalue weighted by atomic mass is 10.2. The predicted octanol–water partition coefficient (Wildman–Crippen LogP) is 4.17. The van der Waals surface area contributed by atoms with Crippen molar-refractivity contribution in [2.75, 3.05) is 5.32 Å². The predicted molar refractivity (Wildman–Crippen MR) is 86.4 cm³/mol. The summed E-state index contributed by atoms with van der Waals surface area (Å²) in [6, 6.07) is 7.91. The van der Waals surface area contributed by atoms with Gasteiger partial charge in [-0.25, -0.2) is 9.97 Å². The smallest absolute Gasteiger partial charge is 0.213 e. The number of nitrogens with one attached hydrogen (secondary N) is 1. The SMILES string of the molecule is Brc1ccc(NCc2ccnc(OC3CCCC3)c2)nc1. The van der Waals surface area contributed by atoms with Gasteiger partial charge in [0.2, 0.25) is 5.88 Å². The van der Waals surface area contributed by atoms with Crippen LogP contribution < -0.4 is 10.1 Å². The van der Waals surface area contributed by atoms with Gasteiger partial charge in [0.25, 0.3) is 0 Å². The number of aromatic nitrogens is 2. The molecule has 1 aliphatic carbocycles. The minimum Gasteiger partial charge on any atom is -0.474 e. The second kappa shape index (κ2) is 6.89. The molecule has 0 aromatic carbocycles. The maximum absolute atomic E-state index is 5.92. The molecule has 0 aliphatic heterocycles. The number of ether oxygens (including phenoxy) is 1. The average molecular weight is 348 g/mol. The topological polar surface area (TPSA) is 47.0 Å². The van der Waals surface area contributed by atoms with Crippen molar-refractivity contribution in [3.63, 3.8) is 0 Å². The summed E-state index contributed by atoms with van der Waals surface area (Å²) in [5, 5.41) is 3.29. The van der Waals surface area contributed by atoms with E-state index in [-0.39, 0.29) is 0 Å². The molecule has 21 heavy (non-hydrogen) atoms. The molecule has 110 valence electrons. The number of anilines is 1. The molecular formula is C16H18BrN3O. The lowest BCUT2D eigenvalue weighted by Crippen LogP contribution is -2.12. The Morgan fingerprint density at radius 1 is 1.19 bits per heavy atom. The van der Waals surface area contributed by atoms with Crippen LogP contribution in [0.5, 0.6) is 5.88 Å². The molecule has 1 saturated carbocycles. The van der Waals surface area contributed by atoms with Crippen LogP contribution in [0.2, 0.25) is 0 Å². The van der Waals surface area contributed by atoms with Gasteiger partial charge >= 0.3 is 0 Å². The molecule has 0 amide bonds. The Labute approximate surface area is 133 Å². The summed E-state index contributed by atoms with van der Waals surface area (Å²) in [4.78, 5) is 8.59. The normalized spacial score (nSPS) is 15.1. The van der Waals surface area contributed by atoms with Gasteiger partial charge in [0.05, 0.1) is 0 Å². The van der Waals surface area contributed by atoms with Crippen LogP contribution in [-0.4, -0.2) is 16.1 Å². The molecule has 0 bridgehead atoms. The monoisotopic (exact) mass is 347 g/mol. The third kappa shape index (κ3) is 4.17. The molecule has 0 radical (unpaired) electrons.